The second-order valence-electron chi connectivity index (χ2n) is 9.39. The highest BCUT2D eigenvalue weighted by atomic mass is 19.1. The molecule has 1 aliphatic carbocycles. The molecular formula is C26H26FN3O2. The summed E-state index contributed by atoms with van der Waals surface area (Å²) in [6, 6.07) is 13.3. The molecule has 32 heavy (non-hydrogen) atoms. The molecular weight excluding hydrogens is 405 g/mol. The summed E-state index contributed by atoms with van der Waals surface area (Å²) in [5.41, 5.74) is 3.84. The van der Waals surface area contributed by atoms with E-state index in [1.165, 1.54) is 6.07 Å². The topological polar surface area (TPSA) is 73.2 Å². The molecule has 1 amide bonds. The van der Waals surface area contributed by atoms with E-state index in [2.05, 4.69) is 11.4 Å². The first-order valence-corrected chi connectivity index (χ1v) is 11.3. The maximum absolute atomic E-state index is 14.9. The van der Waals surface area contributed by atoms with Gasteiger partial charge in [-0.1, -0.05) is 24.3 Å². The number of Topliss-reactive ketones (excluding diaryl/α,β-unsaturated/α-hetero) is 1. The van der Waals surface area contributed by atoms with E-state index >= 15 is 0 Å². The monoisotopic (exact) mass is 431 g/mol. The lowest BCUT2D eigenvalue weighted by molar-refractivity contribution is -0.122. The number of halogens is 1. The maximum atomic E-state index is 14.9. The zero-order valence-electron chi connectivity index (χ0n) is 18.1. The summed E-state index contributed by atoms with van der Waals surface area (Å²) in [6.45, 7) is 0. The van der Waals surface area contributed by atoms with E-state index in [4.69, 9.17) is 0 Å². The smallest absolute Gasteiger partial charge is 0.231 e. The van der Waals surface area contributed by atoms with Gasteiger partial charge >= 0.3 is 0 Å². The molecule has 0 spiro atoms. The molecule has 6 heteroatoms. The summed E-state index contributed by atoms with van der Waals surface area (Å²) in [7, 11) is 1.75. The Morgan fingerprint density at radius 3 is 2.72 bits per heavy atom. The van der Waals surface area contributed by atoms with Gasteiger partial charge in [-0.15, -0.1) is 0 Å². The molecule has 2 aromatic rings. The first-order chi connectivity index (χ1) is 15.4. The van der Waals surface area contributed by atoms with Crippen LogP contribution < -0.4 is 10.2 Å². The summed E-state index contributed by atoms with van der Waals surface area (Å²) in [5.74, 6) is -0.389. The van der Waals surface area contributed by atoms with E-state index in [1.807, 2.05) is 24.3 Å². The summed E-state index contributed by atoms with van der Waals surface area (Å²) < 4.78 is 14.9. The van der Waals surface area contributed by atoms with Crippen molar-refractivity contribution < 1.29 is 14.0 Å². The normalized spacial score (nSPS) is 24.5. The van der Waals surface area contributed by atoms with Gasteiger partial charge < -0.3 is 10.2 Å². The second kappa shape index (κ2) is 8.14. The average molecular weight is 432 g/mol. The Morgan fingerprint density at radius 2 is 2.03 bits per heavy atom. The molecule has 2 fully saturated rings. The number of benzene rings is 2. The van der Waals surface area contributed by atoms with Gasteiger partial charge in [-0.2, -0.15) is 5.26 Å². The number of likely N-dealkylation sites (N-methyl/N-ethyl adjacent to an activating group) is 1. The Bertz CT molecular complexity index is 1140. The van der Waals surface area contributed by atoms with Gasteiger partial charge in [-0.05, 0) is 66.0 Å². The van der Waals surface area contributed by atoms with Crippen molar-refractivity contribution in [2.24, 2.45) is 11.8 Å². The third-order valence-corrected chi connectivity index (χ3v) is 7.35. The Morgan fingerprint density at radius 1 is 1.25 bits per heavy atom. The highest BCUT2D eigenvalue weighted by molar-refractivity contribution is 6.01. The maximum Gasteiger partial charge on any atom is 0.231 e. The van der Waals surface area contributed by atoms with Gasteiger partial charge in [0.25, 0.3) is 0 Å². The van der Waals surface area contributed by atoms with Crippen LogP contribution in [-0.2, 0) is 22.4 Å². The molecule has 1 saturated carbocycles. The van der Waals surface area contributed by atoms with Crippen LogP contribution in [0.1, 0.15) is 36.8 Å². The fourth-order valence-corrected chi connectivity index (χ4v) is 5.53. The molecule has 2 aliphatic heterocycles. The summed E-state index contributed by atoms with van der Waals surface area (Å²) in [4.78, 5) is 26.3. The van der Waals surface area contributed by atoms with Gasteiger partial charge in [0.05, 0.1) is 24.4 Å². The first-order valence-electron chi connectivity index (χ1n) is 11.3. The number of ketones is 1. The van der Waals surface area contributed by atoms with Crippen LogP contribution in [0.2, 0.25) is 0 Å². The molecule has 5 nitrogen and oxygen atoms in total. The van der Waals surface area contributed by atoms with Gasteiger partial charge in [0.1, 0.15) is 5.82 Å². The van der Waals surface area contributed by atoms with Crippen molar-refractivity contribution >= 4 is 17.4 Å². The highest BCUT2D eigenvalue weighted by Crippen LogP contribution is 2.37. The predicted molar refractivity (Wildman–Crippen MR) is 119 cm³/mol. The molecule has 0 radical (unpaired) electrons. The summed E-state index contributed by atoms with van der Waals surface area (Å²) >= 11 is 0. The van der Waals surface area contributed by atoms with Crippen LogP contribution in [0.3, 0.4) is 0 Å². The Labute approximate surface area is 187 Å². The third kappa shape index (κ3) is 3.71. The van der Waals surface area contributed by atoms with Crippen LogP contribution in [0.5, 0.6) is 0 Å². The number of nitriles is 1. The van der Waals surface area contributed by atoms with Gasteiger partial charge in [-0.25, -0.2) is 4.39 Å². The molecule has 2 bridgehead atoms. The molecule has 1 saturated heterocycles. The van der Waals surface area contributed by atoms with Crippen molar-refractivity contribution in [2.75, 3.05) is 11.9 Å². The number of nitrogens with one attached hydrogen (secondary N) is 1. The largest absolute Gasteiger partial charge is 0.315 e. The van der Waals surface area contributed by atoms with Crippen molar-refractivity contribution in [3.63, 3.8) is 0 Å². The van der Waals surface area contributed by atoms with Crippen LogP contribution in [0.15, 0.2) is 36.4 Å². The van der Waals surface area contributed by atoms with Gasteiger partial charge in [0.2, 0.25) is 5.91 Å². The Hall–Kier alpha value is -3.04. The average Bonchev–Trinajstić information content (AvgIpc) is 3.50. The van der Waals surface area contributed by atoms with Crippen molar-refractivity contribution in [3.05, 3.63) is 53.3 Å². The third-order valence-electron chi connectivity index (χ3n) is 7.35. The summed E-state index contributed by atoms with van der Waals surface area (Å²) in [6.07, 6.45) is 4.03. The zero-order valence-corrected chi connectivity index (χ0v) is 18.1. The summed E-state index contributed by atoms with van der Waals surface area (Å²) in [5, 5.41) is 13.0. The molecule has 3 aliphatic rings. The van der Waals surface area contributed by atoms with E-state index in [9.17, 15) is 19.2 Å². The van der Waals surface area contributed by atoms with E-state index in [0.717, 1.165) is 41.6 Å². The highest BCUT2D eigenvalue weighted by Gasteiger charge is 2.42. The number of hydrogen-bond donors (Lipinski definition) is 1. The molecule has 1 N–H and O–H groups in total. The molecule has 2 heterocycles. The fourth-order valence-electron chi connectivity index (χ4n) is 5.53. The number of carbonyl (C=O) groups excluding carboxylic acids is 2. The van der Waals surface area contributed by atoms with Crippen LogP contribution in [0.25, 0.3) is 11.1 Å². The van der Waals surface area contributed by atoms with Gasteiger partial charge in [-0.3, -0.25) is 9.59 Å². The Balaban J connectivity index is 1.29. The van der Waals surface area contributed by atoms with Crippen LogP contribution >= 0.6 is 0 Å². The van der Waals surface area contributed by atoms with E-state index in [-0.39, 0.29) is 36.4 Å². The number of anilines is 1. The van der Waals surface area contributed by atoms with Crippen LogP contribution in [0, 0.1) is 29.0 Å². The molecule has 2 aromatic carbocycles. The SMILES string of the molecule is CN1C(=O)Cc2ccc(-c3ccc(CC(C#N)CC(=O)[C@H]4N[C@@H]5CC[C@H]4C5)c(F)c3)cc21. The van der Waals surface area contributed by atoms with Crippen molar-refractivity contribution in [1.29, 1.82) is 5.26 Å². The van der Waals surface area contributed by atoms with Crippen molar-refractivity contribution in [2.45, 2.75) is 50.6 Å². The number of amides is 1. The number of piperidine rings is 1. The predicted octanol–water partition coefficient (Wildman–Crippen LogP) is 3.79. The number of hydrogen-bond acceptors (Lipinski definition) is 4. The number of nitrogens with zero attached hydrogens (tertiary/aromatic N) is 2. The van der Waals surface area contributed by atoms with Crippen LogP contribution in [-0.4, -0.2) is 30.8 Å². The number of rotatable bonds is 6. The minimum atomic E-state index is -0.538. The van der Waals surface area contributed by atoms with E-state index in [1.54, 1.807) is 18.0 Å². The van der Waals surface area contributed by atoms with Crippen molar-refractivity contribution in [3.8, 4) is 17.2 Å². The molecule has 1 unspecified atom stereocenters. The fraction of sp³-hybridized carbons (Fsp3) is 0.423. The van der Waals surface area contributed by atoms with E-state index in [0.29, 0.717) is 23.9 Å². The quantitative estimate of drug-likeness (QED) is 0.755. The number of fused-ring (bicyclic) bond motifs is 3. The number of carbonyl (C=O) groups is 2. The molecule has 164 valence electrons. The van der Waals surface area contributed by atoms with E-state index < -0.39 is 5.92 Å². The molecule has 4 atom stereocenters. The van der Waals surface area contributed by atoms with Crippen molar-refractivity contribution in [1.82, 2.24) is 5.32 Å². The lowest BCUT2D eigenvalue weighted by atomic mass is 9.88. The molecule has 0 aromatic heterocycles. The lowest BCUT2D eigenvalue weighted by Crippen LogP contribution is -2.42. The minimum Gasteiger partial charge on any atom is -0.315 e. The second-order valence-corrected chi connectivity index (χ2v) is 9.39. The van der Waals surface area contributed by atoms with Gasteiger partial charge in [0.15, 0.2) is 5.78 Å². The molecule has 5 rings (SSSR count). The first kappa shape index (κ1) is 20.8. The standard InChI is InChI=1S/C26H26FN3O2/c1-30-23-12-17(3-5-19(23)13-25(30)32)16-2-4-18(22(27)11-16)8-15(14-28)9-24(31)26-20-6-7-21(10-20)29-26/h2-5,11-12,15,20-21,26,29H,6-10,13H2,1H3/t15?,20-,21+,26-/m0/s1. The lowest BCUT2D eigenvalue weighted by Gasteiger charge is -2.22. The van der Waals surface area contributed by atoms with Gasteiger partial charge in [0, 0.05) is 25.2 Å². The Kier molecular flexibility index (Phi) is 5.30. The minimum absolute atomic E-state index is 0.0522. The zero-order chi connectivity index (χ0) is 22.4. The van der Waals surface area contributed by atoms with Crippen LogP contribution in [0.4, 0.5) is 10.1 Å².